The Kier molecular flexibility index (Phi) is 4.25. The lowest BCUT2D eigenvalue weighted by atomic mass is 9.96. The van der Waals surface area contributed by atoms with E-state index in [-0.39, 0.29) is 5.41 Å². The van der Waals surface area contributed by atoms with Crippen LogP contribution in [-0.2, 0) is 5.41 Å². The summed E-state index contributed by atoms with van der Waals surface area (Å²) in [5, 5.41) is 3.27. The van der Waals surface area contributed by atoms with Crippen LogP contribution in [0.2, 0.25) is 0 Å². The van der Waals surface area contributed by atoms with Crippen molar-refractivity contribution in [2.75, 3.05) is 10.7 Å². The van der Waals surface area contributed by atoms with Crippen LogP contribution in [-0.4, -0.2) is 9.97 Å². The molecule has 1 aromatic heterocycles. The number of hydrogen-bond donors (Lipinski definition) is 3. The fraction of sp³-hybridized carbons (Fsp3) is 0.286. The van der Waals surface area contributed by atoms with E-state index in [1.54, 1.807) is 6.07 Å². The normalized spacial score (nSPS) is 11.2. The average molecular weight is 336 g/mol. The molecule has 0 aliphatic heterocycles. The van der Waals surface area contributed by atoms with Crippen molar-refractivity contribution in [2.24, 2.45) is 5.84 Å². The van der Waals surface area contributed by atoms with Crippen LogP contribution in [0.5, 0.6) is 0 Å². The molecule has 1 heterocycles. The van der Waals surface area contributed by atoms with Crippen molar-refractivity contribution < 1.29 is 0 Å². The van der Waals surface area contributed by atoms with Crippen molar-refractivity contribution in [3.05, 3.63) is 40.6 Å². The van der Waals surface area contributed by atoms with Gasteiger partial charge in [0.05, 0.1) is 5.69 Å². The predicted octanol–water partition coefficient (Wildman–Crippen LogP) is 3.57. The first-order valence-corrected chi connectivity index (χ1v) is 7.07. The van der Waals surface area contributed by atoms with E-state index < -0.39 is 0 Å². The van der Waals surface area contributed by atoms with Gasteiger partial charge in [-0.3, -0.25) is 0 Å². The molecule has 0 unspecified atom stereocenters. The highest BCUT2D eigenvalue weighted by molar-refractivity contribution is 9.10. The number of nitrogens with zero attached hydrogens (tertiary/aromatic N) is 2. The Morgan fingerprint density at radius 3 is 2.35 bits per heavy atom. The summed E-state index contributed by atoms with van der Waals surface area (Å²) >= 11 is 3.50. The topological polar surface area (TPSA) is 75.9 Å². The maximum Gasteiger partial charge on any atom is 0.145 e. The molecule has 106 valence electrons. The van der Waals surface area contributed by atoms with Crippen LogP contribution in [0.25, 0.3) is 0 Å². The zero-order valence-corrected chi connectivity index (χ0v) is 13.3. The standard InChI is InChI=1S/C14H18BrN5/c1-14(2,3)13-18-11(8-12(19-13)20-16)17-10-7-5-4-6-9(10)15/h4-8H,16H2,1-3H3,(H2,17,18,19,20). The van der Waals surface area contributed by atoms with Gasteiger partial charge in [-0.25, -0.2) is 15.8 Å². The molecule has 0 amide bonds. The highest BCUT2D eigenvalue weighted by atomic mass is 79.9. The maximum absolute atomic E-state index is 5.48. The minimum Gasteiger partial charge on any atom is -0.339 e. The minimum absolute atomic E-state index is 0.156. The molecule has 0 saturated carbocycles. The molecule has 0 bridgehead atoms. The lowest BCUT2D eigenvalue weighted by molar-refractivity contribution is 0.547. The van der Waals surface area contributed by atoms with E-state index in [0.29, 0.717) is 11.6 Å². The Morgan fingerprint density at radius 2 is 1.75 bits per heavy atom. The van der Waals surface area contributed by atoms with Crippen molar-refractivity contribution in [1.29, 1.82) is 0 Å². The molecule has 4 N–H and O–H groups in total. The number of halogens is 1. The number of anilines is 3. The summed E-state index contributed by atoms with van der Waals surface area (Å²) in [6, 6.07) is 9.63. The molecular formula is C14H18BrN5. The second kappa shape index (κ2) is 5.76. The van der Waals surface area contributed by atoms with E-state index in [2.05, 4.69) is 57.4 Å². The number of hydrogen-bond acceptors (Lipinski definition) is 5. The van der Waals surface area contributed by atoms with Gasteiger partial charge in [0.15, 0.2) is 0 Å². The van der Waals surface area contributed by atoms with E-state index in [4.69, 9.17) is 5.84 Å². The van der Waals surface area contributed by atoms with Crippen LogP contribution in [0.4, 0.5) is 17.3 Å². The van der Waals surface area contributed by atoms with Crippen molar-refractivity contribution in [1.82, 2.24) is 9.97 Å². The Hall–Kier alpha value is -1.66. The molecule has 1 aromatic carbocycles. The van der Waals surface area contributed by atoms with Gasteiger partial charge in [-0.05, 0) is 28.1 Å². The van der Waals surface area contributed by atoms with Crippen LogP contribution >= 0.6 is 15.9 Å². The first-order chi connectivity index (χ1) is 9.40. The molecular weight excluding hydrogens is 318 g/mol. The zero-order valence-electron chi connectivity index (χ0n) is 11.7. The quantitative estimate of drug-likeness (QED) is 0.590. The molecule has 2 aromatic rings. The van der Waals surface area contributed by atoms with Gasteiger partial charge < -0.3 is 10.7 Å². The fourth-order valence-electron chi connectivity index (χ4n) is 1.62. The van der Waals surface area contributed by atoms with E-state index in [1.165, 1.54) is 0 Å². The summed E-state index contributed by atoms with van der Waals surface area (Å²) in [6.45, 7) is 6.18. The third-order valence-electron chi connectivity index (χ3n) is 2.68. The third kappa shape index (κ3) is 3.46. The molecule has 0 fully saturated rings. The summed E-state index contributed by atoms with van der Waals surface area (Å²) in [5.74, 6) is 7.48. The van der Waals surface area contributed by atoms with E-state index >= 15 is 0 Å². The van der Waals surface area contributed by atoms with E-state index in [0.717, 1.165) is 16.0 Å². The lowest BCUT2D eigenvalue weighted by Crippen LogP contribution is -2.19. The third-order valence-corrected chi connectivity index (χ3v) is 3.37. The summed E-state index contributed by atoms with van der Waals surface area (Å²) in [5.41, 5.74) is 3.36. The fourth-order valence-corrected chi connectivity index (χ4v) is 2.01. The van der Waals surface area contributed by atoms with E-state index in [1.807, 2.05) is 24.3 Å². The largest absolute Gasteiger partial charge is 0.339 e. The SMILES string of the molecule is CC(C)(C)c1nc(NN)cc(Nc2ccccc2Br)n1. The summed E-state index contributed by atoms with van der Waals surface area (Å²) in [7, 11) is 0. The first kappa shape index (κ1) is 14.7. The van der Waals surface area contributed by atoms with Gasteiger partial charge >= 0.3 is 0 Å². The van der Waals surface area contributed by atoms with Gasteiger partial charge in [0, 0.05) is 16.0 Å². The molecule has 0 aliphatic carbocycles. The number of rotatable bonds is 3. The number of nitrogens with two attached hydrogens (primary N) is 1. The summed E-state index contributed by atoms with van der Waals surface area (Å²) in [6.07, 6.45) is 0. The van der Waals surface area contributed by atoms with Gasteiger partial charge in [-0.2, -0.15) is 0 Å². The van der Waals surface area contributed by atoms with Crippen LogP contribution in [0.3, 0.4) is 0 Å². The Balaban J connectivity index is 2.39. The summed E-state index contributed by atoms with van der Waals surface area (Å²) < 4.78 is 0.971. The number of para-hydroxylation sites is 1. The van der Waals surface area contributed by atoms with Crippen molar-refractivity contribution in [3.8, 4) is 0 Å². The minimum atomic E-state index is -0.156. The van der Waals surface area contributed by atoms with E-state index in [9.17, 15) is 0 Å². The molecule has 0 aliphatic rings. The number of nitrogen functional groups attached to an aromatic ring is 1. The van der Waals surface area contributed by atoms with Gasteiger partial charge in [-0.1, -0.05) is 32.9 Å². The smallest absolute Gasteiger partial charge is 0.145 e. The maximum atomic E-state index is 5.48. The van der Waals surface area contributed by atoms with Gasteiger partial charge in [0.2, 0.25) is 0 Å². The van der Waals surface area contributed by atoms with Crippen molar-refractivity contribution >= 4 is 33.3 Å². The van der Waals surface area contributed by atoms with Crippen molar-refractivity contribution in [2.45, 2.75) is 26.2 Å². The molecule has 5 nitrogen and oxygen atoms in total. The Bertz CT molecular complexity index is 607. The van der Waals surface area contributed by atoms with Crippen LogP contribution in [0.15, 0.2) is 34.8 Å². The lowest BCUT2D eigenvalue weighted by Gasteiger charge is -2.19. The zero-order chi connectivity index (χ0) is 14.8. The van der Waals surface area contributed by atoms with Crippen LogP contribution in [0, 0.1) is 0 Å². The van der Waals surface area contributed by atoms with Crippen LogP contribution in [0.1, 0.15) is 26.6 Å². The Morgan fingerprint density at radius 1 is 1.10 bits per heavy atom. The number of benzene rings is 1. The average Bonchev–Trinajstić information content (AvgIpc) is 2.40. The van der Waals surface area contributed by atoms with Crippen LogP contribution < -0.4 is 16.6 Å². The predicted molar refractivity (Wildman–Crippen MR) is 86.0 cm³/mol. The molecule has 2 rings (SSSR count). The molecule has 0 atom stereocenters. The highest BCUT2D eigenvalue weighted by Gasteiger charge is 2.19. The molecule has 6 heteroatoms. The number of aromatic nitrogens is 2. The monoisotopic (exact) mass is 335 g/mol. The first-order valence-electron chi connectivity index (χ1n) is 6.28. The van der Waals surface area contributed by atoms with Crippen molar-refractivity contribution in [3.63, 3.8) is 0 Å². The van der Waals surface area contributed by atoms with Gasteiger partial charge in [0.25, 0.3) is 0 Å². The highest BCUT2D eigenvalue weighted by Crippen LogP contribution is 2.27. The second-order valence-electron chi connectivity index (χ2n) is 5.46. The van der Waals surface area contributed by atoms with Gasteiger partial charge in [-0.15, -0.1) is 0 Å². The molecule has 0 saturated heterocycles. The van der Waals surface area contributed by atoms with Gasteiger partial charge in [0.1, 0.15) is 17.5 Å². The molecule has 0 spiro atoms. The number of nitrogens with one attached hydrogen (secondary N) is 2. The number of hydrazine groups is 1. The molecule has 0 radical (unpaired) electrons. The molecule has 20 heavy (non-hydrogen) atoms. The summed E-state index contributed by atoms with van der Waals surface area (Å²) in [4.78, 5) is 8.94. The second-order valence-corrected chi connectivity index (χ2v) is 6.32. The Labute approximate surface area is 127 Å².